The van der Waals surface area contributed by atoms with Crippen LogP contribution in [0.5, 0.6) is 0 Å². The molecule has 1 N–H and O–H groups in total. The zero-order valence-corrected chi connectivity index (χ0v) is 12.6. The average molecular weight is 304 g/mol. The number of rotatable bonds is 2. The van der Waals surface area contributed by atoms with Crippen molar-refractivity contribution in [1.29, 1.82) is 0 Å². The molecule has 0 amide bonds. The van der Waals surface area contributed by atoms with Crippen molar-refractivity contribution in [2.45, 2.75) is 0 Å². The van der Waals surface area contributed by atoms with Gasteiger partial charge >= 0.3 is 0 Å². The van der Waals surface area contributed by atoms with Crippen molar-refractivity contribution < 1.29 is 0 Å². The normalized spacial score (nSPS) is 11.0. The molecule has 1 nitrogen and oxygen atoms in total. The third kappa shape index (κ3) is 2.20. The molecule has 0 aliphatic heterocycles. The van der Waals surface area contributed by atoms with E-state index in [-0.39, 0.29) is 0 Å². The number of aromatic amines is 1. The number of H-pyrrole nitrogens is 1. The van der Waals surface area contributed by atoms with Crippen LogP contribution in [-0.2, 0) is 0 Å². The van der Waals surface area contributed by atoms with Crippen LogP contribution in [0.25, 0.3) is 33.3 Å². The number of halogens is 1. The third-order valence-electron chi connectivity index (χ3n) is 3.90. The first kappa shape index (κ1) is 13.2. The summed E-state index contributed by atoms with van der Waals surface area (Å²) in [5.41, 5.74) is 5.86. The Hall–Kier alpha value is -2.51. The van der Waals surface area contributed by atoms with Gasteiger partial charge in [-0.15, -0.1) is 0 Å². The Morgan fingerprint density at radius 3 is 2.09 bits per heavy atom. The molecule has 0 aliphatic rings. The lowest BCUT2D eigenvalue weighted by atomic mass is 9.98. The van der Waals surface area contributed by atoms with Gasteiger partial charge in [-0.2, -0.15) is 0 Å². The lowest BCUT2D eigenvalue weighted by Crippen LogP contribution is -1.82. The van der Waals surface area contributed by atoms with Gasteiger partial charge in [0.25, 0.3) is 0 Å². The smallest absolute Gasteiger partial charge is 0.0544 e. The summed E-state index contributed by atoms with van der Waals surface area (Å²) in [6.07, 6.45) is 0. The molecule has 0 saturated carbocycles. The zero-order valence-electron chi connectivity index (χ0n) is 11.9. The largest absolute Gasteiger partial charge is 0.354 e. The predicted octanol–water partition coefficient (Wildman–Crippen LogP) is 6.16. The molecule has 3 aromatic carbocycles. The Morgan fingerprint density at radius 1 is 0.636 bits per heavy atom. The first-order valence-electron chi connectivity index (χ1n) is 7.25. The molecule has 106 valence electrons. The minimum atomic E-state index is 0.751. The van der Waals surface area contributed by atoms with Crippen molar-refractivity contribution in [3.8, 4) is 22.4 Å². The summed E-state index contributed by atoms with van der Waals surface area (Å²) in [5.74, 6) is 0. The van der Waals surface area contributed by atoms with Crippen LogP contribution in [-0.4, -0.2) is 4.98 Å². The number of hydrogen-bond donors (Lipinski definition) is 1. The molecule has 0 atom stereocenters. The van der Waals surface area contributed by atoms with Crippen LogP contribution >= 0.6 is 11.6 Å². The van der Waals surface area contributed by atoms with E-state index in [1.54, 1.807) is 0 Å². The molecule has 0 saturated heterocycles. The number of nitrogens with one attached hydrogen (secondary N) is 1. The highest BCUT2D eigenvalue weighted by atomic mass is 35.5. The second-order valence-corrected chi connectivity index (χ2v) is 5.73. The highest BCUT2D eigenvalue weighted by Gasteiger charge is 2.14. The zero-order chi connectivity index (χ0) is 14.9. The molecule has 0 aliphatic carbocycles. The fraction of sp³-hybridized carbons (Fsp3) is 0. The molecule has 4 aromatic rings. The monoisotopic (exact) mass is 303 g/mol. The van der Waals surface area contributed by atoms with Gasteiger partial charge in [0.15, 0.2) is 0 Å². The Kier molecular flexibility index (Phi) is 3.21. The molecule has 1 aromatic heterocycles. The number of aromatic nitrogens is 1. The molecule has 22 heavy (non-hydrogen) atoms. The summed E-state index contributed by atoms with van der Waals surface area (Å²) in [6.45, 7) is 0. The standard InChI is InChI=1S/C20H14ClN/c21-16-12-10-15(11-13-16)20-19(14-6-2-1-3-7-14)17-8-4-5-9-18(17)22-20/h1-13,22H. The van der Waals surface area contributed by atoms with E-state index in [1.807, 2.05) is 18.2 Å². The van der Waals surface area contributed by atoms with Gasteiger partial charge in [0, 0.05) is 21.5 Å². The molecule has 0 fully saturated rings. The van der Waals surface area contributed by atoms with Crippen LogP contribution in [0.1, 0.15) is 0 Å². The second-order valence-electron chi connectivity index (χ2n) is 5.29. The fourth-order valence-corrected chi connectivity index (χ4v) is 3.01. The van der Waals surface area contributed by atoms with Crippen LogP contribution in [0.3, 0.4) is 0 Å². The Bertz CT molecular complexity index is 921. The summed E-state index contributed by atoms with van der Waals surface area (Å²) in [7, 11) is 0. The molecule has 0 bridgehead atoms. The summed E-state index contributed by atoms with van der Waals surface area (Å²) in [4.78, 5) is 3.56. The fourth-order valence-electron chi connectivity index (χ4n) is 2.88. The van der Waals surface area contributed by atoms with Gasteiger partial charge in [0.05, 0.1) is 5.69 Å². The lowest BCUT2D eigenvalue weighted by molar-refractivity contribution is 1.45. The van der Waals surface area contributed by atoms with E-state index in [4.69, 9.17) is 11.6 Å². The Balaban J connectivity index is 2.04. The van der Waals surface area contributed by atoms with E-state index < -0.39 is 0 Å². The van der Waals surface area contributed by atoms with E-state index in [0.717, 1.165) is 21.8 Å². The highest BCUT2D eigenvalue weighted by Crippen LogP contribution is 2.38. The first-order valence-corrected chi connectivity index (χ1v) is 7.63. The SMILES string of the molecule is Clc1ccc(-c2[nH]c3ccccc3c2-c2ccccc2)cc1. The van der Waals surface area contributed by atoms with Gasteiger partial charge in [-0.3, -0.25) is 0 Å². The van der Waals surface area contributed by atoms with E-state index in [1.165, 1.54) is 16.5 Å². The number of hydrogen-bond acceptors (Lipinski definition) is 0. The lowest BCUT2D eigenvalue weighted by Gasteiger charge is -2.06. The molecule has 0 radical (unpaired) electrons. The van der Waals surface area contributed by atoms with Crippen molar-refractivity contribution >= 4 is 22.5 Å². The Labute approximate surface area is 134 Å². The van der Waals surface area contributed by atoms with Crippen molar-refractivity contribution in [3.05, 3.63) is 83.9 Å². The van der Waals surface area contributed by atoms with Gasteiger partial charge in [-0.25, -0.2) is 0 Å². The van der Waals surface area contributed by atoms with Gasteiger partial charge in [0.2, 0.25) is 0 Å². The van der Waals surface area contributed by atoms with Crippen LogP contribution in [0.4, 0.5) is 0 Å². The number of para-hydroxylation sites is 1. The van der Waals surface area contributed by atoms with Gasteiger partial charge in [-0.05, 0) is 29.3 Å². The third-order valence-corrected chi connectivity index (χ3v) is 4.15. The summed E-state index contributed by atoms with van der Waals surface area (Å²) in [6, 6.07) is 26.9. The van der Waals surface area contributed by atoms with Crippen molar-refractivity contribution in [1.82, 2.24) is 4.98 Å². The minimum Gasteiger partial charge on any atom is -0.354 e. The maximum atomic E-state index is 6.02. The molecule has 0 unspecified atom stereocenters. The van der Waals surface area contributed by atoms with Gasteiger partial charge in [-0.1, -0.05) is 72.3 Å². The average Bonchev–Trinajstić information content (AvgIpc) is 2.96. The van der Waals surface area contributed by atoms with Crippen LogP contribution in [0.15, 0.2) is 78.9 Å². The van der Waals surface area contributed by atoms with Crippen LogP contribution in [0, 0.1) is 0 Å². The molecule has 2 heteroatoms. The van der Waals surface area contributed by atoms with Gasteiger partial charge < -0.3 is 4.98 Å². The van der Waals surface area contributed by atoms with Crippen molar-refractivity contribution in [2.75, 3.05) is 0 Å². The summed E-state index contributed by atoms with van der Waals surface area (Å²) < 4.78 is 0. The van der Waals surface area contributed by atoms with E-state index >= 15 is 0 Å². The maximum absolute atomic E-state index is 6.02. The molecular formula is C20H14ClN. The topological polar surface area (TPSA) is 15.8 Å². The van der Waals surface area contributed by atoms with E-state index in [0.29, 0.717) is 0 Å². The Morgan fingerprint density at radius 2 is 1.32 bits per heavy atom. The summed E-state index contributed by atoms with van der Waals surface area (Å²) in [5, 5.41) is 1.99. The quantitative estimate of drug-likeness (QED) is 0.457. The van der Waals surface area contributed by atoms with Crippen molar-refractivity contribution in [3.63, 3.8) is 0 Å². The van der Waals surface area contributed by atoms with Crippen molar-refractivity contribution in [2.24, 2.45) is 0 Å². The maximum Gasteiger partial charge on any atom is 0.0544 e. The van der Waals surface area contributed by atoms with Crippen LogP contribution in [0.2, 0.25) is 5.02 Å². The first-order chi connectivity index (χ1) is 10.8. The minimum absolute atomic E-state index is 0.751. The molecule has 0 spiro atoms. The molecule has 1 heterocycles. The number of fused-ring (bicyclic) bond motifs is 1. The highest BCUT2D eigenvalue weighted by molar-refractivity contribution is 6.30. The molecular weight excluding hydrogens is 290 g/mol. The van der Waals surface area contributed by atoms with E-state index in [9.17, 15) is 0 Å². The van der Waals surface area contributed by atoms with Gasteiger partial charge in [0.1, 0.15) is 0 Å². The summed E-state index contributed by atoms with van der Waals surface area (Å²) >= 11 is 6.02. The van der Waals surface area contributed by atoms with Crippen LogP contribution < -0.4 is 0 Å². The number of benzene rings is 3. The second kappa shape index (κ2) is 5.36. The predicted molar refractivity (Wildman–Crippen MR) is 94.2 cm³/mol. The van der Waals surface area contributed by atoms with E-state index in [2.05, 4.69) is 65.6 Å². The molecule has 4 rings (SSSR count).